The number of benzene rings is 3. The number of anilines is 2. The van der Waals surface area contributed by atoms with Gasteiger partial charge < -0.3 is 19.2 Å². The van der Waals surface area contributed by atoms with E-state index in [-0.39, 0.29) is 17.3 Å². The van der Waals surface area contributed by atoms with E-state index in [0.717, 1.165) is 22.2 Å². The molecule has 1 N–H and O–H groups in total. The zero-order valence-corrected chi connectivity index (χ0v) is 23.7. The summed E-state index contributed by atoms with van der Waals surface area (Å²) in [6.45, 7) is 4.45. The van der Waals surface area contributed by atoms with Crippen LogP contribution in [0.25, 0.3) is 11.0 Å². The zero-order chi connectivity index (χ0) is 28.4. The Morgan fingerprint density at radius 1 is 0.927 bits per heavy atom. The maximum Gasteiger partial charge on any atom is 0.270 e. The van der Waals surface area contributed by atoms with Crippen LogP contribution in [-0.2, 0) is 16.4 Å². The fraction of sp³-hybridized carbons (Fsp3) is 0.219. The molecule has 41 heavy (non-hydrogen) atoms. The van der Waals surface area contributed by atoms with Gasteiger partial charge in [-0.05, 0) is 66.9 Å². The molecule has 3 aromatic carbocycles. The van der Waals surface area contributed by atoms with Gasteiger partial charge in [-0.1, -0.05) is 42.5 Å². The minimum atomic E-state index is -3.93. The molecular weight excluding hydrogens is 536 g/mol. The van der Waals surface area contributed by atoms with Crippen LogP contribution < -0.4 is 9.21 Å². The van der Waals surface area contributed by atoms with Gasteiger partial charge in [0.1, 0.15) is 11.3 Å². The van der Waals surface area contributed by atoms with Gasteiger partial charge in [-0.25, -0.2) is 8.42 Å². The second-order valence-corrected chi connectivity index (χ2v) is 12.1. The van der Waals surface area contributed by atoms with E-state index in [4.69, 9.17) is 4.42 Å². The van der Waals surface area contributed by atoms with Gasteiger partial charge in [0.2, 0.25) is 0 Å². The topological polar surface area (TPSA) is 89.9 Å². The molecule has 0 bridgehead atoms. The summed E-state index contributed by atoms with van der Waals surface area (Å²) in [6.07, 6.45) is 3.94. The molecule has 1 aliphatic rings. The maximum atomic E-state index is 14.4. The van der Waals surface area contributed by atoms with E-state index >= 15 is 0 Å². The summed E-state index contributed by atoms with van der Waals surface area (Å²) in [7, 11) is -3.93. The van der Waals surface area contributed by atoms with Crippen LogP contribution in [0.1, 0.15) is 21.6 Å². The average molecular weight is 569 g/mol. The number of hydrogen-bond acceptors (Lipinski definition) is 5. The van der Waals surface area contributed by atoms with E-state index < -0.39 is 10.0 Å². The van der Waals surface area contributed by atoms with Crippen molar-refractivity contribution < 1.29 is 17.6 Å². The number of piperazine rings is 1. The van der Waals surface area contributed by atoms with Crippen molar-refractivity contribution in [3.05, 3.63) is 114 Å². The number of furan rings is 1. The van der Waals surface area contributed by atoms with Gasteiger partial charge in [-0.2, -0.15) is 0 Å². The van der Waals surface area contributed by atoms with Crippen LogP contribution in [0.4, 0.5) is 11.4 Å². The van der Waals surface area contributed by atoms with E-state index in [9.17, 15) is 13.2 Å². The number of amides is 1. The largest absolute Gasteiger partial charge is 0.464 e. The Morgan fingerprint density at radius 2 is 1.68 bits per heavy atom. The fourth-order valence-electron chi connectivity index (χ4n) is 5.40. The molecule has 0 unspecified atom stereocenters. The van der Waals surface area contributed by atoms with Gasteiger partial charge in [0, 0.05) is 44.3 Å². The number of nitrogens with one attached hydrogen (secondary N) is 1. The molecule has 8 nitrogen and oxygen atoms in total. The van der Waals surface area contributed by atoms with Crippen molar-refractivity contribution in [2.75, 3.05) is 41.9 Å². The molecule has 6 rings (SSSR count). The zero-order valence-electron chi connectivity index (χ0n) is 22.9. The van der Waals surface area contributed by atoms with Crippen molar-refractivity contribution in [2.45, 2.75) is 18.2 Å². The number of fused-ring (bicyclic) bond motifs is 1. The summed E-state index contributed by atoms with van der Waals surface area (Å²) in [5.74, 6) is -0.0278. The van der Waals surface area contributed by atoms with Crippen molar-refractivity contribution >= 4 is 38.3 Å². The number of carbonyl (C=O) groups excluding carboxylic acids is 1. The summed E-state index contributed by atoms with van der Waals surface area (Å²) in [5.41, 5.74) is 4.63. The van der Waals surface area contributed by atoms with Crippen molar-refractivity contribution in [1.29, 1.82) is 0 Å². The minimum absolute atomic E-state index is 0.0278. The number of aromatic nitrogens is 1. The van der Waals surface area contributed by atoms with Crippen molar-refractivity contribution in [3.8, 4) is 0 Å². The van der Waals surface area contributed by atoms with Crippen LogP contribution >= 0.6 is 0 Å². The Labute approximate surface area is 239 Å². The number of aryl methyl sites for hydroxylation is 1. The second kappa shape index (κ2) is 11.2. The molecule has 0 radical (unpaired) electrons. The first-order valence-electron chi connectivity index (χ1n) is 13.7. The maximum absolute atomic E-state index is 14.4. The Bertz CT molecular complexity index is 1760. The molecule has 1 saturated heterocycles. The molecule has 3 heterocycles. The number of aromatic amines is 1. The Morgan fingerprint density at radius 3 is 2.44 bits per heavy atom. The van der Waals surface area contributed by atoms with Crippen LogP contribution in [0.2, 0.25) is 0 Å². The van der Waals surface area contributed by atoms with Gasteiger partial charge in [0.15, 0.2) is 0 Å². The normalized spacial score (nSPS) is 14.0. The summed E-state index contributed by atoms with van der Waals surface area (Å²) in [4.78, 5) is 20.1. The first-order valence-corrected chi connectivity index (χ1v) is 15.2. The molecule has 0 spiro atoms. The molecule has 2 aromatic heterocycles. The quantitative estimate of drug-likeness (QED) is 0.268. The first kappa shape index (κ1) is 26.7. The molecule has 0 aliphatic carbocycles. The van der Waals surface area contributed by atoms with Crippen molar-refractivity contribution in [2.24, 2.45) is 0 Å². The predicted molar refractivity (Wildman–Crippen MR) is 161 cm³/mol. The van der Waals surface area contributed by atoms with Gasteiger partial charge in [-0.15, -0.1) is 0 Å². The number of sulfonamides is 1. The van der Waals surface area contributed by atoms with E-state index in [1.807, 2.05) is 72.5 Å². The molecule has 210 valence electrons. The predicted octanol–water partition coefficient (Wildman–Crippen LogP) is 5.47. The lowest BCUT2D eigenvalue weighted by molar-refractivity contribution is 0.0741. The molecule has 1 amide bonds. The monoisotopic (exact) mass is 568 g/mol. The third kappa shape index (κ3) is 5.32. The van der Waals surface area contributed by atoms with Crippen molar-refractivity contribution in [1.82, 2.24) is 9.88 Å². The number of nitrogens with zero attached hydrogens (tertiary/aromatic N) is 3. The molecule has 0 saturated carbocycles. The highest BCUT2D eigenvalue weighted by Crippen LogP contribution is 2.35. The Kier molecular flexibility index (Phi) is 7.28. The highest BCUT2D eigenvalue weighted by atomic mass is 32.2. The van der Waals surface area contributed by atoms with Crippen LogP contribution in [0, 0.1) is 6.92 Å². The second-order valence-electron chi connectivity index (χ2n) is 10.2. The highest BCUT2D eigenvalue weighted by Gasteiger charge is 2.30. The Balaban J connectivity index is 1.33. The van der Waals surface area contributed by atoms with Crippen LogP contribution in [0.3, 0.4) is 0 Å². The fourth-order valence-corrected chi connectivity index (χ4v) is 6.90. The van der Waals surface area contributed by atoms with Gasteiger partial charge in [0.05, 0.1) is 22.5 Å². The lowest BCUT2D eigenvalue weighted by Crippen LogP contribution is -2.49. The number of carbonyl (C=O) groups is 1. The molecule has 5 aromatic rings. The van der Waals surface area contributed by atoms with Gasteiger partial charge in [0.25, 0.3) is 15.9 Å². The van der Waals surface area contributed by atoms with Crippen LogP contribution in [0.15, 0.2) is 107 Å². The van der Waals surface area contributed by atoms with Crippen LogP contribution in [-0.4, -0.2) is 56.9 Å². The molecule has 1 aliphatic heterocycles. The molecule has 0 atom stereocenters. The summed E-state index contributed by atoms with van der Waals surface area (Å²) >= 11 is 0. The number of hydrogen-bond donors (Lipinski definition) is 1. The molecular formula is C32H32N4O4S. The average Bonchev–Trinajstić information content (AvgIpc) is 3.68. The molecule has 1 fully saturated rings. The number of H-pyrrole nitrogens is 1. The van der Waals surface area contributed by atoms with E-state index in [1.165, 1.54) is 4.31 Å². The summed E-state index contributed by atoms with van der Waals surface area (Å²) in [5, 5.41) is 0.783. The minimum Gasteiger partial charge on any atom is -0.464 e. The smallest absolute Gasteiger partial charge is 0.270 e. The van der Waals surface area contributed by atoms with Gasteiger partial charge in [-0.3, -0.25) is 9.10 Å². The van der Waals surface area contributed by atoms with Gasteiger partial charge >= 0.3 is 0 Å². The first-order chi connectivity index (χ1) is 19.9. The lowest BCUT2D eigenvalue weighted by atomic mass is 10.1. The standard InChI is InChI=1S/C32H32N4O4S/c1-24-23-40-31-14-13-26(22-27(24)31)41(38,39)36(17-15-25-8-3-2-4-9-25)30-12-6-5-11-29(30)34-18-20-35(21-19-34)32(37)28-10-7-16-33-28/h2-14,16,22-23,33H,15,17-21H2,1H3. The van der Waals surface area contributed by atoms with E-state index in [1.54, 1.807) is 36.7 Å². The van der Waals surface area contributed by atoms with Crippen LogP contribution in [0.5, 0.6) is 0 Å². The molecule has 9 heteroatoms. The third-order valence-corrected chi connectivity index (χ3v) is 9.47. The van der Waals surface area contributed by atoms with Crippen molar-refractivity contribution in [3.63, 3.8) is 0 Å². The number of rotatable bonds is 8. The lowest BCUT2D eigenvalue weighted by Gasteiger charge is -2.38. The highest BCUT2D eigenvalue weighted by molar-refractivity contribution is 7.92. The Hall–Kier alpha value is -4.50. The number of para-hydroxylation sites is 2. The van der Waals surface area contributed by atoms with E-state index in [0.29, 0.717) is 49.6 Å². The SMILES string of the molecule is Cc1coc2ccc(S(=O)(=O)N(CCc3ccccc3)c3ccccc3N3CCN(C(=O)c4ccc[nH]4)CC3)cc12. The van der Waals surface area contributed by atoms with E-state index in [2.05, 4.69) is 9.88 Å². The summed E-state index contributed by atoms with van der Waals surface area (Å²) in [6, 6.07) is 26.2. The summed E-state index contributed by atoms with van der Waals surface area (Å²) < 4.78 is 35.8. The third-order valence-electron chi connectivity index (χ3n) is 7.66.